The number of fused-ring (bicyclic) bond motifs is 1. The fourth-order valence-electron chi connectivity index (χ4n) is 2.79. The van der Waals surface area contributed by atoms with Gasteiger partial charge in [0, 0.05) is 5.39 Å². The van der Waals surface area contributed by atoms with Crippen LogP contribution < -0.4 is 0 Å². The second-order valence-electron chi connectivity index (χ2n) is 5.64. The van der Waals surface area contributed by atoms with E-state index in [2.05, 4.69) is 10.1 Å². The topological polar surface area (TPSA) is 62.3 Å². The summed E-state index contributed by atoms with van der Waals surface area (Å²) in [4.78, 5) is 3.98. The van der Waals surface area contributed by atoms with Crippen LogP contribution in [-0.4, -0.2) is 27.0 Å². The molecule has 1 aliphatic heterocycles. The molecule has 0 N–H and O–H groups in total. The molecule has 0 spiro atoms. The van der Waals surface area contributed by atoms with Crippen LogP contribution >= 0.6 is 0 Å². The molecule has 0 saturated carbocycles. The Bertz CT molecular complexity index is 738. The van der Waals surface area contributed by atoms with Crippen LogP contribution in [0.15, 0.2) is 47.4 Å². The zero-order chi connectivity index (χ0) is 15.2. The number of nitrogens with zero attached hydrogens (tertiary/aromatic N) is 3. The quantitative estimate of drug-likeness (QED) is 0.744. The van der Waals surface area contributed by atoms with E-state index in [0.717, 1.165) is 11.0 Å². The van der Waals surface area contributed by atoms with Crippen LogP contribution in [0.2, 0.25) is 0 Å². The number of benzene rings is 1. The summed E-state index contributed by atoms with van der Waals surface area (Å²) in [7, 11) is 0. The summed E-state index contributed by atoms with van der Waals surface area (Å²) in [5.74, 6) is -0.327. The molecule has 1 saturated heterocycles. The Labute approximate surface area is 127 Å². The molecule has 1 aromatic carbocycles. The minimum atomic E-state index is -0.981. The molecule has 22 heavy (non-hydrogen) atoms. The molecular formula is C16H17N3O3. The van der Waals surface area contributed by atoms with E-state index >= 15 is 0 Å². The number of rotatable bonds is 3. The third-order valence-corrected chi connectivity index (χ3v) is 4.05. The molecule has 3 heterocycles. The molecule has 114 valence electrons. The SMILES string of the molecule is CC1OC(Cn2cncn2)(c2cc3ccccc3o2)OC1C. The second-order valence-corrected chi connectivity index (χ2v) is 5.64. The fraction of sp³-hybridized carbons (Fsp3) is 0.375. The monoisotopic (exact) mass is 299 g/mol. The molecule has 2 unspecified atom stereocenters. The van der Waals surface area contributed by atoms with Crippen molar-refractivity contribution in [2.75, 3.05) is 0 Å². The van der Waals surface area contributed by atoms with Crippen molar-refractivity contribution in [3.63, 3.8) is 0 Å². The van der Waals surface area contributed by atoms with Crippen molar-refractivity contribution in [2.24, 2.45) is 0 Å². The number of para-hydroxylation sites is 1. The van der Waals surface area contributed by atoms with E-state index in [4.69, 9.17) is 13.9 Å². The van der Waals surface area contributed by atoms with Crippen molar-refractivity contribution in [1.29, 1.82) is 0 Å². The lowest BCUT2D eigenvalue weighted by Gasteiger charge is -2.25. The molecule has 1 fully saturated rings. The summed E-state index contributed by atoms with van der Waals surface area (Å²) in [6.07, 6.45) is 3.08. The first-order chi connectivity index (χ1) is 10.7. The van der Waals surface area contributed by atoms with E-state index in [-0.39, 0.29) is 12.2 Å². The first-order valence-electron chi connectivity index (χ1n) is 7.33. The predicted octanol–water partition coefficient (Wildman–Crippen LogP) is 2.70. The number of hydrogen-bond donors (Lipinski definition) is 0. The first-order valence-corrected chi connectivity index (χ1v) is 7.33. The van der Waals surface area contributed by atoms with Crippen molar-refractivity contribution >= 4 is 11.0 Å². The van der Waals surface area contributed by atoms with Crippen molar-refractivity contribution in [1.82, 2.24) is 14.8 Å². The van der Waals surface area contributed by atoms with Gasteiger partial charge in [-0.25, -0.2) is 9.67 Å². The minimum Gasteiger partial charge on any atom is -0.455 e. The molecule has 1 aliphatic rings. The van der Waals surface area contributed by atoms with Crippen molar-refractivity contribution in [3.8, 4) is 0 Å². The largest absolute Gasteiger partial charge is 0.455 e. The number of hydrogen-bond acceptors (Lipinski definition) is 5. The van der Waals surface area contributed by atoms with Gasteiger partial charge in [0.2, 0.25) is 5.79 Å². The summed E-state index contributed by atoms with van der Waals surface area (Å²) in [6.45, 7) is 4.38. The van der Waals surface area contributed by atoms with Crippen LogP contribution in [0.4, 0.5) is 0 Å². The van der Waals surface area contributed by atoms with E-state index in [0.29, 0.717) is 12.3 Å². The average molecular weight is 299 g/mol. The molecular weight excluding hydrogens is 282 g/mol. The predicted molar refractivity (Wildman–Crippen MR) is 79.0 cm³/mol. The van der Waals surface area contributed by atoms with E-state index in [1.54, 1.807) is 11.0 Å². The van der Waals surface area contributed by atoms with E-state index in [1.165, 1.54) is 6.33 Å². The molecule has 0 amide bonds. The lowest BCUT2D eigenvalue weighted by Crippen LogP contribution is -2.33. The van der Waals surface area contributed by atoms with Crippen LogP contribution in [-0.2, 0) is 21.8 Å². The lowest BCUT2D eigenvalue weighted by atomic mass is 10.2. The van der Waals surface area contributed by atoms with Gasteiger partial charge in [-0.2, -0.15) is 5.10 Å². The standard InChI is InChI=1S/C16H17N3O3/c1-11-12(2)22-16(21-11,8-19-10-17-9-18-19)15-7-13-5-3-4-6-14(13)20-15/h3-7,9-12H,8H2,1-2H3. The van der Waals surface area contributed by atoms with Crippen molar-refractivity contribution in [3.05, 3.63) is 48.7 Å². The smallest absolute Gasteiger partial charge is 0.249 e. The second kappa shape index (κ2) is 4.93. The highest BCUT2D eigenvalue weighted by atomic mass is 16.8. The summed E-state index contributed by atoms with van der Waals surface area (Å²) < 4.78 is 20.0. The fourth-order valence-corrected chi connectivity index (χ4v) is 2.79. The molecule has 2 atom stereocenters. The van der Waals surface area contributed by atoms with Gasteiger partial charge in [0.25, 0.3) is 0 Å². The minimum absolute atomic E-state index is 0.0308. The zero-order valence-corrected chi connectivity index (χ0v) is 12.5. The third kappa shape index (κ3) is 2.12. The molecule has 2 aromatic heterocycles. The Balaban J connectivity index is 1.79. The summed E-state index contributed by atoms with van der Waals surface area (Å²) in [6, 6.07) is 9.84. The number of ether oxygens (including phenoxy) is 2. The van der Waals surface area contributed by atoms with Gasteiger partial charge in [-0.3, -0.25) is 0 Å². The molecule has 0 radical (unpaired) electrons. The number of aromatic nitrogens is 3. The van der Waals surface area contributed by atoms with Crippen LogP contribution in [0.5, 0.6) is 0 Å². The molecule has 3 aromatic rings. The van der Waals surface area contributed by atoms with Gasteiger partial charge in [0.1, 0.15) is 24.8 Å². The third-order valence-electron chi connectivity index (χ3n) is 4.05. The Kier molecular flexibility index (Phi) is 3.02. The Morgan fingerprint density at radius 2 is 1.95 bits per heavy atom. The summed E-state index contributed by atoms with van der Waals surface area (Å²) >= 11 is 0. The molecule has 0 aliphatic carbocycles. The van der Waals surface area contributed by atoms with Gasteiger partial charge in [-0.15, -0.1) is 0 Å². The van der Waals surface area contributed by atoms with Gasteiger partial charge in [-0.1, -0.05) is 18.2 Å². The Morgan fingerprint density at radius 3 is 2.64 bits per heavy atom. The van der Waals surface area contributed by atoms with E-state index in [1.807, 2.05) is 44.2 Å². The highest BCUT2D eigenvalue weighted by Gasteiger charge is 2.48. The maximum absolute atomic E-state index is 6.15. The van der Waals surface area contributed by atoms with Crippen molar-refractivity contribution < 1.29 is 13.9 Å². The van der Waals surface area contributed by atoms with Crippen LogP contribution in [0.1, 0.15) is 19.6 Å². The highest BCUT2D eigenvalue weighted by Crippen LogP contribution is 2.41. The van der Waals surface area contributed by atoms with Gasteiger partial charge in [-0.05, 0) is 26.0 Å². The normalized spacial score (nSPS) is 28.5. The zero-order valence-electron chi connectivity index (χ0n) is 12.5. The van der Waals surface area contributed by atoms with Crippen LogP contribution in [0.25, 0.3) is 11.0 Å². The average Bonchev–Trinajstić information content (AvgIpc) is 3.20. The Morgan fingerprint density at radius 1 is 1.18 bits per heavy atom. The first kappa shape index (κ1) is 13.5. The van der Waals surface area contributed by atoms with Crippen molar-refractivity contribution in [2.45, 2.75) is 38.4 Å². The molecule has 0 bridgehead atoms. The maximum Gasteiger partial charge on any atom is 0.249 e. The van der Waals surface area contributed by atoms with Crippen LogP contribution in [0, 0.1) is 0 Å². The van der Waals surface area contributed by atoms with E-state index in [9.17, 15) is 0 Å². The van der Waals surface area contributed by atoms with Gasteiger partial charge < -0.3 is 13.9 Å². The highest BCUT2D eigenvalue weighted by molar-refractivity contribution is 5.77. The Hall–Kier alpha value is -2.18. The molecule has 6 heteroatoms. The molecule has 6 nitrogen and oxygen atoms in total. The molecule has 4 rings (SSSR count). The maximum atomic E-state index is 6.15. The summed E-state index contributed by atoms with van der Waals surface area (Å²) in [5.41, 5.74) is 0.815. The van der Waals surface area contributed by atoms with Gasteiger partial charge >= 0.3 is 0 Å². The lowest BCUT2D eigenvalue weighted by molar-refractivity contribution is -0.204. The number of furan rings is 1. The van der Waals surface area contributed by atoms with Crippen LogP contribution in [0.3, 0.4) is 0 Å². The van der Waals surface area contributed by atoms with E-state index < -0.39 is 5.79 Å². The summed E-state index contributed by atoms with van der Waals surface area (Å²) in [5, 5.41) is 5.18. The van der Waals surface area contributed by atoms with Gasteiger partial charge in [0.15, 0.2) is 5.76 Å². The van der Waals surface area contributed by atoms with Gasteiger partial charge in [0.05, 0.1) is 12.2 Å².